The highest BCUT2D eigenvalue weighted by molar-refractivity contribution is 6.19. The van der Waals surface area contributed by atoms with Crippen LogP contribution in [0.2, 0.25) is 0 Å². The first kappa shape index (κ1) is 33.8. The van der Waals surface area contributed by atoms with Gasteiger partial charge in [-0.1, -0.05) is 146 Å². The lowest BCUT2D eigenvalue weighted by molar-refractivity contribution is 0.669. The number of hydrogen-bond acceptors (Lipinski definition) is 6. The molecule has 0 radical (unpaired) electrons. The number of rotatable bonds is 6. The van der Waals surface area contributed by atoms with E-state index in [1.807, 2.05) is 66.7 Å². The molecule has 0 aliphatic carbocycles. The maximum atomic E-state index is 6.33. The number of para-hydroxylation sites is 2. The molecule has 0 spiro atoms. The minimum Gasteiger partial charge on any atom is -0.456 e. The lowest BCUT2D eigenvalue weighted by Crippen LogP contribution is -2.00. The number of benzene rings is 9. The van der Waals surface area contributed by atoms with Gasteiger partial charge in [-0.15, -0.1) is 10.2 Å². The van der Waals surface area contributed by atoms with E-state index in [1.54, 1.807) is 4.80 Å². The molecule has 0 bridgehead atoms. The van der Waals surface area contributed by atoms with E-state index in [9.17, 15) is 0 Å². The van der Waals surface area contributed by atoms with E-state index in [0.29, 0.717) is 17.5 Å². The molecule has 7 nitrogen and oxygen atoms in total. The summed E-state index contributed by atoms with van der Waals surface area (Å²) in [6, 6.07) is 66.6. The third kappa shape index (κ3) is 5.71. The zero-order chi connectivity index (χ0) is 39.6. The van der Waals surface area contributed by atoms with Crippen LogP contribution in [0.4, 0.5) is 0 Å². The lowest BCUT2D eigenvalue weighted by Gasteiger charge is -2.13. The SMILES string of the molecule is c1ccc(-c2ccccc2-c2cccc(-c3nc(-c4ccc5c(c4)oc4ccccc45)nc(-c4ccc5ccc6ccc7nn(-c8ccccc8)nc7c6c5c4)n3)c2)cc1. The smallest absolute Gasteiger partial charge is 0.164 e. The van der Waals surface area contributed by atoms with Gasteiger partial charge in [-0.25, -0.2) is 15.0 Å². The fourth-order valence-electron chi connectivity index (χ4n) is 8.39. The second kappa shape index (κ2) is 13.7. The van der Waals surface area contributed by atoms with Crippen molar-refractivity contribution in [1.82, 2.24) is 29.9 Å². The number of fused-ring (bicyclic) bond motifs is 8. The molecular weight excluding hydrogens is 737 g/mol. The van der Waals surface area contributed by atoms with Crippen LogP contribution in [0.3, 0.4) is 0 Å². The van der Waals surface area contributed by atoms with Gasteiger partial charge in [0, 0.05) is 32.8 Å². The molecule has 9 aromatic carbocycles. The molecule has 0 saturated carbocycles. The molecule has 3 heterocycles. The Hall–Kier alpha value is -8.29. The third-order valence-electron chi connectivity index (χ3n) is 11.3. The molecule has 60 heavy (non-hydrogen) atoms. The van der Waals surface area contributed by atoms with Gasteiger partial charge < -0.3 is 4.42 Å². The van der Waals surface area contributed by atoms with Crippen LogP contribution in [0.15, 0.2) is 199 Å². The largest absolute Gasteiger partial charge is 0.456 e. The maximum absolute atomic E-state index is 6.33. The van der Waals surface area contributed by atoms with E-state index < -0.39 is 0 Å². The lowest BCUT2D eigenvalue weighted by atomic mass is 9.93. The minimum atomic E-state index is 0.554. The van der Waals surface area contributed by atoms with Gasteiger partial charge in [-0.05, 0) is 86.9 Å². The van der Waals surface area contributed by atoms with Gasteiger partial charge in [-0.3, -0.25) is 0 Å². The maximum Gasteiger partial charge on any atom is 0.164 e. The van der Waals surface area contributed by atoms with Crippen LogP contribution >= 0.6 is 0 Å². The van der Waals surface area contributed by atoms with Crippen LogP contribution in [0.25, 0.3) is 117 Å². The molecular formula is C53H32N6O. The second-order valence-electron chi connectivity index (χ2n) is 15.0. The van der Waals surface area contributed by atoms with E-state index >= 15 is 0 Å². The van der Waals surface area contributed by atoms with Crippen molar-refractivity contribution in [3.63, 3.8) is 0 Å². The molecule has 0 saturated heterocycles. The molecule has 7 heteroatoms. The Balaban J connectivity index is 1.05. The molecule has 0 aliphatic heterocycles. The first-order valence-corrected chi connectivity index (χ1v) is 19.9. The number of aromatic nitrogens is 6. The fourth-order valence-corrected chi connectivity index (χ4v) is 8.39. The number of furan rings is 1. The van der Waals surface area contributed by atoms with Crippen molar-refractivity contribution in [3.05, 3.63) is 194 Å². The second-order valence-corrected chi connectivity index (χ2v) is 15.0. The van der Waals surface area contributed by atoms with E-state index in [1.165, 1.54) is 0 Å². The van der Waals surface area contributed by atoms with Gasteiger partial charge in [-0.2, -0.15) is 4.80 Å². The molecule has 0 amide bonds. The van der Waals surface area contributed by atoms with Crippen LogP contribution < -0.4 is 0 Å². The number of hydrogen-bond donors (Lipinski definition) is 0. The Kier molecular flexibility index (Phi) is 7.71. The predicted octanol–water partition coefficient (Wildman–Crippen LogP) is 13.1. The van der Waals surface area contributed by atoms with Gasteiger partial charge >= 0.3 is 0 Å². The summed E-state index contributed by atoms with van der Waals surface area (Å²) in [7, 11) is 0. The monoisotopic (exact) mass is 768 g/mol. The van der Waals surface area contributed by atoms with Crippen LogP contribution in [-0.2, 0) is 0 Å². The molecule has 3 aromatic heterocycles. The molecule has 12 rings (SSSR count). The van der Waals surface area contributed by atoms with E-state index in [0.717, 1.165) is 99.1 Å². The Labute approximate surface area is 343 Å². The van der Waals surface area contributed by atoms with Crippen molar-refractivity contribution in [2.24, 2.45) is 0 Å². The van der Waals surface area contributed by atoms with E-state index in [2.05, 4.69) is 127 Å². The summed E-state index contributed by atoms with van der Waals surface area (Å²) in [5.74, 6) is 1.69. The normalized spacial score (nSPS) is 11.7. The van der Waals surface area contributed by atoms with Crippen molar-refractivity contribution in [2.75, 3.05) is 0 Å². The van der Waals surface area contributed by atoms with Gasteiger partial charge in [0.2, 0.25) is 0 Å². The zero-order valence-corrected chi connectivity index (χ0v) is 32.1. The van der Waals surface area contributed by atoms with Crippen molar-refractivity contribution in [1.29, 1.82) is 0 Å². The molecule has 0 N–H and O–H groups in total. The first-order chi connectivity index (χ1) is 29.7. The van der Waals surface area contributed by atoms with Crippen molar-refractivity contribution >= 4 is 54.5 Å². The van der Waals surface area contributed by atoms with Crippen molar-refractivity contribution in [3.8, 4) is 62.1 Å². The molecule has 0 aliphatic rings. The summed E-state index contributed by atoms with van der Waals surface area (Å²) in [5.41, 5.74) is 11.3. The third-order valence-corrected chi connectivity index (χ3v) is 11.3. The summed E-state index contributed by atoms with van der Waals surface area (Å²) in [6.07, 6.45) is 0. The average Bonchev–Trinajstić information content (AvgIpc) is 3.94. The summed E-state index contributed by atoms with van der Waals surface area (Å²) in [4.78, 5) is 17.3. The molecule has 0 atom stereocenters. The quantitative estimate of drug-likeness (QED) is 0.157. The Morgan fingerprint density at radius 3 is 1.77 bits per heavy atom. The minimum absolute atomic E-state index is 0.554. The van der Waals surface area contributed by atoms with E-state index in [4.69, 9.17) is 29.6 Å². The van der Waals surface area contributed by atoms with Crippen LogP contribution in [0, 0.1) is 0 Å². The summed E-state index contributed by atoms with van der Waals surface area (Å²) < 4.78 is 6.33. The predicted molar refractivity (Wildman–Crippen MR) is 242 cm³/mol. The van der Waals surface area contributed by atoms with Gasteiger partial charge in [0.05, 0.1) is 5.69 Å². The van der Waals surface area contributed by atoms with Crippen LogP contribution in [0.1, 0.15) is 0 Å². The molecule has 0 unspecified atom stereocenters. The number of nitrogens with zero attached hydrogens (tertiary/aromatic N) is 6. The Morgan fingerprint density at radius 1 is 0.367 bits per heavy atom. The van der Waals surface area contributed by atoms with Gasteiger partial charge in [0.15, 0.2) is 17.5 Å². The summed E-state index contributed by atoms with van der Waals surface area (Å²) >= 11 is 0. The topological polar surface area (TPSA) is 82.5 Å². The highest BCUT2D eigenvalue weighted by Gasteiger charge is 2.18. The van der Waals surface area contributed by atoms with Crippen molar-refractivity contribution in [2.45, 2.75) is 0 Å². The zero-order valence-electron chi connectivity index (χ0n) is 32.1. The highest BCUT2D eigenvalue weighted by atomic mass is 16.3. The molecule has 280 valence electrons. The van der Waals surface area contributed by atoms with E-state index in [-0.39, 0.29) is 0 Å². The standard InChI is InChI=1S/C53H32N6O/c1-3-12-33(13-4-1)41-18-7-8-19-42(41)36-14-11-15-37(30-36)51-54-52(56-53(55-51)39-26-28-44-43-20-9-10-21-47(43)60-48(44)32-39)38-25-23-34-22-24-35-27-29-46-50(49(35)45(34)31-38)58-59(57-46)40-16-5-2-6-17-40/h1-32H. The fraction of sp³-hybridized carbons (Fsp3) is 0. The van der Waals surface area contributed by atoms with Crippen molar-refractivity contribution < 1.29 is 4.42 Å². The molecule has 0 fully saturated rings. The van der Waals surface area contributed by atoms with Crippen LogP contribution in [-0.4, -0.2) is 29.9 Å². The Bertz CT molecular complexity index is 3610. The highest BCUT2D eigenvalue weighted by Crippen LogP contribution is 2.37. The Morgan fingerprint density at radius 2 is 0.950 bits per heavy atom. The van der Waals surface area contributed by atoms with Gasteiger partial charge in [0.1, 0.15) is 22.2 Å². The van der Waals surface area contributed by atoms with Crippen LogP contribution in [0.5, 0.6) is 0 Å². The average molecular weight is 769 g/mol. The molecule has 12 aromatic rings. The summed E-state index contributed by atoms with van der Waals surface area (Å²) in [6.45, 7) is 0. The van der Waals surface area contributed by atoms with Gasteiger partial charge in [0.25, 0.3) is 0 Å². The first-order valence-electron chi connectivity index (χ1n) is 19.9. The summed E-state index contributed by atoms with van der Waals surface area (Å²) in [5, 5.41) is 16.2.